The lowest BCUT2D eigenvalue weighted by molar-refractivity contribution is 0.118. The standard InChI is InChI=1S/C15H20N4O2/c1-10(20)8-19-6-5-12-13(9-19)18-15(17-12)11-3-4-14(21-2)16-7-11/h3-4,7,10,20H,5-6,8-9H2,1-2H3,(H,17,18)/t10-/m1/s1. The number of hydrogen-bond acceptors (Lipinski definition) is 5. The third-order valence-corrected chi connectivity index (χ3v) is 3.65. The van der Waals surface area contributed by atoms with E-state index in [1.54, 1.807) is 13.3 Å². The highest BCUT2D eigenvalue weighted by Gasteiger charge is 2.21. The maximum absolute atomic E-state index is 9.50. The van der Waals surface area contributed by atoms with Gasteiger partial charge in [-0.2, -0.15) is 0 Å². The van der Waals surface area contributed by atoms with Crippen molar-refractivity contribution in [3.05, 3.63) is 29.7 Å². The topological polar surface area (TPSA) is 74.3 Å². The molecule has 2 N–H and O–H groups in total. The summed E-state index contributed by atoms with van der Waals surface area (Å²) in [6.07, 6.45) is 2.36. The number of aliphatic hydroxyl groups excluding tert-OH is 1. The molecule has 0 fully saturated rings. The second-order valence-corrected chi connectivity index (χ2v) is 5.43. The lowest BCUT2D eigenvalue weighted by Crippen LogP contribution is -2.35. The van der Waals surface area contributed by atoms with Gasteiger partial charge in [-0.15, -0.1) is 0 Å². The minimum atomic E-state index is -0.306. The molecule has 21 heavy (non-hydrogen) atoms. The molecule has 0 saturated heterocycles. The summed E-state index contributed by atoms with van der Waals surface area (Å²) in [5, 5.41) is 9.50. The Hall–Kier alpha value is -1.92. The molecule has 0 aliphatic carbocycles. The van der Waals surface area contributed by atoms with E-state index in [1.165, 1.54) is 0 Å². The Kier molecular flexibility index (Phi) is 3.90. The van der Waals surface area contributed by atoms with Gasteiger partial charge in [0.05, 0.1) is 24.6 Å². The molecule has 112 valence electrons. The van der Waals surface area contributed by atoms with Crippen molar-refractivity contribution in [3.8, 4) is 17.3 Å². The lowest BCUT2D eigenvalue weighted by atomic mass is 10.1. The van der Waals surface area contributed by atoms with Crippen molar-refractivity contribution in [1.82, 2.24) is 19.9 Å². The number of β-amino-alcohol motifs (C(OH)–C–C–N with tert-alkyl or cyclic N) is 1. The first kappa shape index (κ1) is 14.0. The van der Waals surface area contributed by atoms with Crippen LogP contribution in [0.2, 0.25) is 0 Å². The fraction of sp³-hybridized carbons (Fsp3) is 0.467. The van der Waals surface area contributed by atoms with Crippen molar-refractivity contribution in [2.45, 2.75) is 26.0 Å². The Morgan fingerprint density at radius 3 is 3.00 bits per heavy atom. The zero-order valence-electron chi connectivity index (χ0n) is 12.3. The predicted molar refractivity (Wildman–Crippen MR) is 79.0 cm³/mol. The van der Waals surface area contributed by atoms with Crippen LogP contribution in [0.1, 0.15) is 18.3 Å². The molecule has 0 unspecified atom stereocenters. The number of ether oxygens (including phenoxy) is 1. The van der Waals surface area contributed by atoms with Crippen LogP contribution in [0.5, 0.6) is 5.88 Å². The van der Waals surface area contributed by atoms with Crippen molar-refractivity contribution >= 4 is 0 Å². The summed E-state index contributed by atoms with van der Waals surface area (Å²) >= 11 is 0. The van der Waals surface area contributed by atoms with Crippen molar-refractivity contribution in [3.63, 3.8) is 0 Å². The van der Waals surface area contributed by atoms with Gasteiger partial charge in [0.2, 0.25) is 5.88 Å². The Labute approximate surface area is 123 Å². The Morgan fingerprint density at radius 2 is 2.33 bits per heavy atom. The molecule has 6 heteroatoms. The molecule has 1 aliphatic rings. The van der Waals surface area contributed by atoms with E-state index in [1.807, 2.05) is 19.1 Å². The molecule has 3 heterocycles. The quantitative estimate of drug-likeness (QED) is 0.885. The number of H-pyrrole nitrogens is 1. The first-order valence-electron chi connectivity index (χ1n) is 7.14. The minimum absolute atomic E-state index is 0.306. The molecule has 0 spiro atoms. The van der Waals surface area contributed by atoms with Gasteiger partial charge < -0.3 is 14.8 Å². The van der Waals surface area contributed by atoms with Crippen molar-refractivity contribution < 1.29 is 9.84 Å². The monoisotopic (exact) mass is 288 g/mol. The number of aromatic nitrogens is 3. The van der Waals surface area contributed by atoms with Gasteiger partial charge in [-0.05, 0) is 13.0 Å². The molecule has 1 aliphatic heterocycles. The summed E-state index contributed by atoms with van der Waals surface area (Å²) in [5.41, 5.74) is 3.20. The third kappa shape index (κ3) is 3.06. The molecule has 1 atom stereocenters. The van der Waals surface area contributed by atoms with E-state index in [-0.39, 0.29) is 6.10 Å². The van der Waals surface area contributed by atoms with Gasteiger partial charge in [-0.25, -0.2) is 9.97 Å². The fourth-order valence-corrected chi connectivity index (χ4v) is 2.66. The summed E-state index contributed by atoms with van der Waals surface area (Å²) in [7, 11) is 1.60. The minimum Gasteiger partial charge on any atom is -0.481 e. The molecule has 2 aromatic rings. The first-order valence-corrected chi connectivity index (χ1v) is 7.14. The van der Waals surface area contributed by atoms with Gasteiger partial charge in [0.25, 0.3) is 0 Å². The fourth-order valence-electron chi connectivity index (χ4n) is 2.66. The second-order valence-electron chi connectivity index (χ2n) is 5.43. The van der Waals surface area contributed by atoms with Crippen LogP contribution in [-0.4, -0.2) is 51.3 Å². The average Bonchev–Trinajstić information content (AvgIpc) is 2.90. The number of methoxy groups -OCH3 is 1. The number of aromatic amines is 1. The van der Waals surface area contributed by atoms with Crippen LogP contribution in [0.3, 0.4) is 0 Å². The van der Waals surface area contributed by atoms with Crippen LogP contribution < -0.4 is 4.74 Å². The largest absolute Gasteiger partial charge is 0.481 e. The molecule has 0 amide bonds. The third-order valence-electron chi connectivity index (χ3n) is 3.65. The summed E-state index contributed by atoms with van der Waals surface area (Å²) in [6.45, 7) is 4.24. The number of hydrogen-bond donors (Lipinski definition) is 2. The molecule has 0 bridgehead atoms. The molecule has 6 nitrogen and oxygen atoms in total. The molecule has 0 aromatic carbocycles. The van der Waals surface area contributed by atoms with Gasteiger partial charge in [-0.3, -0.25) is 4.90 Å². The number of pyridine rings is 1. The Balaban J connectivity index is 1.79. The second kappa shape index (κ2) is 5.83. The van der Waals surface area contributed by atoms with Gasteiger partial charge in [0.1, 0.15) is 5.82 Å². The van der Waals surface area contributed by atoms with E-state index in [2.05, 4.69) is 19.9 Å². The van der Waals surface area contributed by atoms with Gasteiger partial charge >= 0.3 is 0 Å². The van der Waals surface area contributed by atoms with Crippen LogP contribution >= 0.6 is 0 Å². The number of nitrogens with one attached hydrogen (secondary N) is 1. The Morgan fingerprint density at radius 1 is 1.48 bits per heavy atom. The van der Waals surface area contributed by atoms with Crippen LogP contribution in [0.15, 0.2) is 18.3 Å². The molecular weight excluding hydrogens is 268 g/mol. The highest BCUT2D eigenvalue weighted by Crippen LogP contribution is 2.23. The predicted octanol–water partition coefficient (Wildman–Crippen LogP) is 1.22. The zero-order chi connectivity index (χ0) is 14.8. The van der Waals surface area contributed by atoms with Crippen molar-refractivity contribution in [2.24, 2.45) is 0 Å². The van der Waals surface area contributed by atoms with Crippen LogP contribution in [-0.2, 0) is 13.0 Å². The van der Waals surface area contributed by atoms with E-state index in [9.17, 15) is 5.11 Å². The summed E-state index contributed by atoms with van der Waals surface area (Å²) < 4.78 is 5.07. The number of imidazole rings is 1. The van der Waals surface area contributed by atoms with Crippen LogP contribution in [0.25, 0.3) is 11.4 Å². The number of fused-ring (bicyclic) bond motifs is 1. The van der Waals surface area contributed by atoms with Crippen LogP contribution in [0.4, 0.5) is 0 Å². The number of nitrogens with zero attached hydrogens (tertiary/aromatic N) is 3. The van der Waals surface area contributed by atoms with Crippen molar-refractivity contribution in [1.29, 1.82) is 0 Å². The molecule has 3 rings (SSSR count). The summed E-state index contributed by atoms with van der Waals surface area (Å²) in [4.78, 5) is 14.5. The van der Waals surface area contributed by atoms with E-state index < -0.39 is 0 Å². The lowest BCUT2D eigenvalue weighted by Gasteiger charge is -2.26. The van der Waals surface area contributed by atoms with Gasteiger partial charge in [-0.1, -0.05) is 0 Å². The van der Waals surface area contributed by atoms with E-state index in [4.69, 9.17) is 4.74 Å². The van der Waals surface area contributed by atoms with Gasteiger partial charge in [0, 0.05) is 43.9 Å². The molecule has 0 radical (unpaired) electrons. The Bertz CT molecular complexity index is 607. The highest BCUT2D eigenvalue weighted by molar-refractivity contribution is 5.55. The van der Waals surface area contributed by atoms with E-state index in [0.717, 1.165) is 42.3 Å². The SMILES string of the molecule is COc1ccc(-c2nc3c([nH]2)CN(C[C@@H](C)O)CC3)cn1. The molecule has 0 saturated carbocycles. The highest BCUT2D eigenvalue weighted by atomic mass is 16.5. The van der Waals surface area contributed by atoms with Crippen molar-refractivity contribution in [2.75, 3.05) is 20.2 Å². The number of rotatable bonds is 4. The van der Waals surface area contributed by atoms with E-state index in [0.29, 0.717) is 12.4 Å². The summed E-state index contributed by atoms with van der Waals surface area (Å²) in [5.74, 6) is 1.44. The van der Waals surface area contributed by atoms with Gasteiger partial charge in [0.15, 0.2) is 0 Å². The normalized spacial score (nSPS) is 16.5. The molecule has 2 aromatic heterocycles. The average molecular weight is 288 g/mol. The summed E-state index contributed by atoms with van der Waals surface area (Å²) in [6, 6.07) is 3.78. The maximum Gasteiger partial charge on any atom is 0.212 e. The smallest absolute Gasteiger partial charge is 0.212 e. The van der Waals surface area contributed by atoms with E-state index >= 15 is 0 Å². The molecular formula is C15H20N4O2. The van der Waals surface area contributed by atoms with Crippen LogP contribution in [0, 0.1) is 0 Å². The number of aliphatic hydroxyl groups is 1. The zero-order valence-corrected chi connectivity index (χ0v) is 12.3. The first-order chi connectivity index (χ1) is 10.2. The maximum atomic E-state index is 9.50.